The predicted molar refractivity (Wildman–Crippen MR) is 157 cm³/mol. The van der Waals surface area contributed by atoms with Crippen molar-refractivity contribution < 1.29 is 14.3 Å². The van der Waals surface area contributed by atoms with Gasteiger partial charge in [0.2, 0.25) is 0 Å². The maximum Gasteiger partial charge on any atom is 0.338 e. The maximum atomic E-state index is 14.0. The molecule has 0 saturated carbocycles. The molecule has 2 aromatic carbocycles. The van der Waals surface area contributed by atoms with Gasteiger partial charge in [-0.25, -0.2) is 9.79 Å². The van der Waals surface area contributed by atoms with Crippen molar-refractivity contribution in [2.45, 2.75) is 39.7 Å². The van der Waals surface area contributed by atoms with Gasteiger partial charge >= 0.3 is 5.97 Å². The Hall–Kier alpha value is -3.75. The molecule has 3 heterocycles. The van der Waals surface area contributed by atoms with E-state index in [2.05, 4.69) is 19.9 Å². The molecule has 0 radical (unpaired) electrons. The average Bonchev–Trinajstić information content (AvgIpc) is 3.57. The van der Waals surface area contributed by atoms with Crippen molar-refractivity contribution in [2.75, 3.05) is 13.7 Å². The molecule has 6 nitrogen and oxygen atoms in total. The monoisotopic (exact) mass is 558 g/mol. The number of methoxy groups -OCH3 is 1. The highest BCUT2D eigenvalue weighted by Gasteiger charge is 2.35. The molecule has 0 bridgehead atoms. The van der Waals surface area contributed by atoms with E-state index < -0.39 is 12.0 Å². The van der Waals surface area contributed by atoms with Crippen molar-refractivity contribution >= 4 is 40.4 Å². The largest absolute Gasteiger partial charge is 0.496 e. The van der Waals surface area contributed by atoms with E-state index in [1.54, 1.807) is 18.6 Å². The van der Waals surface area contributed by atoms with Crippen LogP contribution < -0.4 is 19.6 Å². The highest BCUT2D eigenvalue weighted by Crippen LogP contribution is 2.37. The number of hydrogen-bond donors (Lipinski definition) is 0. The number of thiophene rings is 1. The first-order valence-corrected chi connectivity index (χ1v) is 14.5. The van der Waals surface area contributed by atoms with Crippen LogP contribution >= 0.6 is 22.7 Å². The third kappa shape index (κ3) is 5.02. The topological polar surface area (TPSA) is 69.9 Å². The third-order valence-electron chi connectivity index (χ3n) is 6.71. The molecular formula is C31H30N2O4S2. The van der Waals surface area contributed by atoms with E-state index in [0.717, 1.165) is 32.9 Å². The first-order valence-electron chi connectivity index (χ1n) is 12.8. The normalized spacial score (nSPS) is 15.3. The number of ether oxygens (including phenoxy) is 2. The molecule has 2 aromatic heterocycles. The molecule has 1 aliphatic rings. The van der Waals surface area contributed by atoms with Crippen molar-refractivity contribution in [3.05, 3.63) is 112 Å². The minimum atomic E-state index is -0.638. The third-order valence-corrected chi connectivity index (χ3v) is 8.62. The Balaban J connectivity index is 1.79. The second kappa shape index (κ2) is 11.2. The zero-order valence-electron chi connectivity index (χ0n) is 22.6. The fourth-order valence-corrected chi connectivity index (χ4v) is 6.61. The van der Waals surface area contributed by atoms with Crippen LogP contribution in [-0.2, 0) is 9.53 Å². The van der Waals surface area contributed by atoms with Gasteiger partial charge in [0.25, 0.3) is 5.56 Å². The lowest BCUT2D eigenvalue weighted by atomic mass is 9.96. The molecule has 1 atom stereocenters. The van der Waals surface area contributed by atoms with Crippen molar-refractivity contribution in [2.24, 2.45) is 4.99 Å². The van der Waals surface area contributed by atoms with Crippen LogP contribution in [0.5, 0.6) is 5.75 Å². The summed E-state index contributed by atoms with van der Waals surface area (Å²) < 4.78 is 13.3. The quantitative estimate of drug-likeness (QED) is 0.284. The molecular weight excluding hydrogens is 528 g/mol. The van der Waals surface area contributed by atoms with Gasteiger partial charge in [0, 0.05) is 10.4 Å². The number of carbonyl (C=O) groups is 1. The maximum absolute atomic E-state index is 14.0. The van der Waals surface area contributed by atoms with E-state index >= 15 is 0 Å². The summed E-state index contributed by atoms with van der Waals surface area (Å²) >= 11 is 2.83. The van der Waals surface area contributed by atoms with Gasteiger partial charge in [-0.2, -0.15) is 0 Å². The molecule has 39 heavy (non-hydrogen) atoms. The first-order chi connectivity index (χ1) is 18.8. The molecule has 0 saturated heterocycles. The molecule has 0 unspecified atom stereocenters. The Labute approximate surface area is 235 Å². The Kier molecular flexibility index (Phi) is 7.68. The first kappa shape index (κ1) is 26.8. The second-order valence-corrected chi connectivity index (χ2v) is 11.5. The number of thiazole rings is 1. The molecule has 0 amide bonds. The molecule has 8 heteroatoms. The summed E-state index contributed by atoms with van der Waals surface area (Å²) in [7, 11) is 1.68. The van der Waals surface area contributed by atoms with Crippen LogP contribution in [0.4, 0.5) is 0 Å². The number of aromatic nitrogens is 1. The van der Waals surface area contributed by atoms with E-state index in [1.165, 1.54) is 22.7 Å². The summed E-state index contributed by atoms with van der Waals surface area (Å²) in [6.45, 7) is 8.25. The lowest BCUT2D eigenvalue weighted by Crippen LogP contribution is -2.39. The van der Waals surface area contributed by atoms with Crippen molar-refractivity contribution in [1.82, 2.24) is 4.57 Å². The molecule has 1 aliphatic heterocycles. The predicted octanol–water partition coefficient (Wildman–Crippen LogP) is 5.44. The van der Waals surface area contributed by atoms with Gasteiger partial charge in [0.15, 0.2) is 4.80 Å². The van der Waals surface area contributed by atoms with Gasteiger partial charge in [0.05, 0.1) is 29.5 Å². The lowest BCUT2D eigenvalue weighted by Gasteiger charge is -2.24. The Morgan fingerprint density at radius 3 is 2.56 bits per heavy atom. The number of rotatable bonds is 7. The van der Waals surface area contributed by atoms with Gasteiger partial charge in [-0.3, -0.25) is 9.36 Å². The molecule has 200 valence electrons. The van der Waals surface area contributed by atoms with E-state index in [-0.39, 0.29) is 18.1 Å². The van der Waals surface area contributed by atoms with E-state index in [0.29, 0.717) is 20.6 Å². The molecule has 4 aromatic rings. The SMILES string of the molecule is CCOC(=O)C1=C(c2ccccc2)N=c2s/c(=C/c3cc(C(C)C)c(OC)cc3C)c(=O)n2[C@H]1c1cccs1. The van der Waals surface area contributed by atoms with E-state index in [9.17, 15) is 9.59 Å². The van der Waals surface area contributed by atoms with Crippen molar-refractivity contribution in [3.63, 3.8) is 0 Å². The summed E-state index contributed by atoms with van der Waals surface area (Å²) in [5.74, 6) is 0.624. The van der Waals surface area contributed by atoms with Crippen LogP contribution in [0.3, 0.4) is 0 Å². The van der Waals surface area contributed by atoms with Gasteiger partial charge < -0.3 is 9.47 Å². The number of fused-ring (bicyclic) bond motifs is 1. The fourth-order valence-electron chi connectivity index (χ4n) is 4.80. The zero-order chi connectivity index (χ0) is 27.7. The minimum Gasteiger partial charge on any atom is -0.496 e. The van der Waals surface area contributed by atoms with Crippen LogP contribution in [0.1, 0.15) is 59.9 Å². The summed E-state index contributed by atoms with van der Waals surface area (Å²) in [5, 5.41) is 1.95. The summed E-state index contributed by atoms with van der Waals surface area (Å²) in [6.07, 6.45) is 1.92. The standard InChI is InChI=1S/C31H30N2O4S2/c1-6-37-30(35)26-27(20-11-8-7-9-12-20)32-31-33(28(26)24-13-10-14-38-24)29(34)25(39-31)17-21-16-22(18(2)3)23(36-5)15-19(21)4/h7-18,28H,6H2,1-5H3/b25-17+/t28-/m0/s1. The van der Waals surface area contributed by atoms with Gasteiger partial charge in [-0.05, 0) is 66.1 Å². The number of nitrogens with zero attached hydrogens (tertiary/aromatic N) is 2. The summed E-state index contributed by atoms with van der Waals surface area (Å²) in [4.78, 5) is 33.8. The highest BCUT2D eigenvalue weighted by atomic mass is 32.1. The summed E-state index contributed by atoms with van der Waals surface area (Å²) in [6, 6.07) is 16.9. The second-order valence-electron chi connectivity index (χ2n) is 9.55. The van der Waals surface area contributed by atoms with Crippen LogP contribution in [-0.4, -0.2) is 24.3 Å². The van der Waals surface area contributed by atoms with E-state index in [4.69, 9.17) is 14.5 Å². The minimum absolute atomic E-state index is 0.188. The van der Waals surface area contributed by atoms with Gasteiger partial charge in [-0.15, -0.1) is 11.3 Å². The number of aryl methyl sites for hydroxylation is 1. The van der Waals surface area contributed by atoms with Crippen LogP contribution in [0, 0.1) is 6.92 Å². The molecule has 0 spiro atoms. The zero-order valence-corrected chi connectivity index (χ0v) is 24.2. The van der Waals surface area contributed by atoms with Gasteiger partial charge in [0.1, 0.15) is 11.8 Å². The average molecular weight is 559 g/mol. The molecule has 0 fully saturated rings. The lowest BCUT2D eigenvalue weighted by molar-refractivity contribution is -0.138. The molecule has 0 N–H and O–H groups in total. The highest BCUT2D eigenvalue weighted by molar-refractivity contribution is 7.10. The van der Waals surface area contributed by atoms with Crippen LogP contribution in [0.15, 0.2) is 75.3 Å². The van der Waals surface area contributed by atoms with Crippen LogP contribution in [0.25, 0.3) is 11.8 Å². The van der Waals surface area contributed by atoms with Crippen LogP contribution in [0.2, 0.25) is 0 Å². The Morgan fingerprint density at radius 2 is 1.92 bits per heavy atom. The molecule has 5 rings (SSSR count). The van der Waals surface area contributed by atoms with Crippen molar-refractivity contribution in [3.8, 4) is 5.75 Å². The van der Waals surface area contributed by atoms with Gasteiger partial charge in [-0.1, -0.05) is 61.6 Å². The summed E-state index contributed by atoms with van der Waals surface area (Å²) in [5.41, 5.74) is 4.55. The number of carbonyl (C=O) groups excluding carboxylic acids is 1. The van der Waals surface area contributed by atoms with E-state index in [1.807, 2.05) is 66.9 Å². The van der Waals surface area contributed by atoms with Crippen molar-refractivity contribution in [1.29, 1.82) is 0 Å². The molecule has 0 aliphatic carbocycles. The number of esters is 1. The smallest absolute Gasteiger partial charge is 0.338 e. The fraction of sp³-hybridized carbons (Fsp3) is 0.258. The number of hydrogen-bond acceptors (Lipinski definition) is 7. The Bertz CT molecular complexity index is 1730. The Morgan fingerprint density at radius 1 is 1.15 bits per heavy atom. The number of benzene rings is 2.